The molecule has 3 fully saturated rings. The minimum atomic E-state index is -1.10. The number of nitrogens with one attached hydrogen (secondary N) is 2. The van der Waals surface area contributed by atoms with E-state index in [-0.39, 0.29) is 30.4 Å². The van der Waals surface area contributed by atoms with Crippen molar-refractivity contribution in [3.05, 3.63) is 35.9 Å². The summed E-state index contributed by atoms with van der Waals surface area (Å²) in [5.41, 5.74) is -1.16. The van der Waals surface area contributed by atoms with Gasteiger partial charge in [0, 0.05) is 12.6 Å². The largest absolute Gasteiger partial charge is 0.394 e. The van der Waals surface area contributed by atoms with Crippen LogP contribution in [0.15, 0.2) is 30.3 Å². The monoisotopic (exact) mass is 485 g/mol. The van der Waals surface area contributed by atoms with E-state index in [9.17, 15) is 19.5 Å². The SMILES string of the molecule is CCCNC(=O)[C@H]1[C@H]2C(=O)N([C@H](CO)c3ccccc3)C(C(=O)NC(C)CCC)C23CC[C@]1(C)O3. The molecule has 1 spiro atoms. The quantitative estimate of drug-likeness (QED) is 0.471. The molecule has 1 aromatic rings. The third-order valence-corrected chi connectivity index (χ3v) is 8.10. The molecule has 1 aromatic carbocycles. The van der Waals surface area contributed by atoms with E-state index in [2.05, 4.69) is 17.6 Å². The van der Waals surface area contributed by atoms with E-state index in [0.717, 1.165) is 24.8 Å². The van der Waals surface area contributed by atoms with Gasteiger partial charge in [-0.3, -0.25) is 14.4 Å². The number of aliphatic hydroxyl groups excluding tert-OH is 1. The van der Waals surface area contributed by atoms with Crippen LogP contribution in [0, 0.1) is 11.8 Å². The predicted molar refractivity (Wildman–Crippen MR) is 131 cm³/mol. The third kappa shape index (κ3) is 4.14. The number of aliphatic hydroxyl groups is 1. The van der Waals surface area contributed by atoms with Crippen molar-refractivity contribution >= 4 is 17.7 Å². The number of benzene rings is 1. The van der Waals surface area contributed by atoms with Crippen molar-refractivity contribution in [1.29, 1.82) is 0 Å². The first-order chi connectivity index (χ1) is 16.7. The van der Waals surface area contributed by atoms with Crippen LogP contribution in [0.1, 0.15) is 71.4 Å². The number of amides is 3. The fourth-order valence-electron chi connectivity index (χ4n) is 6.61. The molecular weight excluding hydrogens is 446 g/mol. The Hall–Kier alpha value is -2.45. The summed E-state index contributed by atoms with van der Waals surface area (Å²) in [7, 11) is 0. The minimum Gasteiger partial charge on any atom is -0.394 e. The number of fused-ring (bicyclic) bond motifs is 1. The number of ether oxygens (including phenoxy) is 1. The number of hydrogen-bond acceptors (Lipinski definition) is 5. The maximum absolute atomic E-state index is 14.2. The van der Waals surface area contributed by atoms with Gasteiger partial charge in [0.2, 0.25) is 17.7 Å². The van der Waals surface area contributed by atoms with E-state index < -0.39 is 35.1 Å². The van der Waals surface area contributed by atoms with Gasteiger partial charge in [-0.25, -0.2) is 0 Å². The zero-order valence-electron chi connectivity index (χ0n) is 21.3. The Bertz CT molecular complexity index is 955. The highest BCUT2D eigenvalue weighted by atomic mass is 16.5. The van der Waals surface area contributed by atoms with Gasteiger partial charge in [-0.2, -0.15) is 0 Å². The van der Waals surface area contributed by atoms with Crippen molar-refractivity contribution in [3.8, 4) is 0 Å². The summed E-state index contributed by atoms with van der Waals surface area (Å²) in [5.74, 6) is -2.23. The van der Waals surface area contributed by atoms with Gasteiger partial charge in [0.1, 0.15) is 11.6 Å². The lowest BCUT2D eigenvalue weighted by atomic mass is 9.66. The highest BCUT2D eigenvalue weighted by Gasteiger charge is 2.78. The summed E-state index contributed by atoms with van der Waals surface area (Å²) in [6, 6.07) is 7.55. The molecule has 3 amide bonds. The molecule has 35 heavy (non-hydrogen) atoms. The molecule has 8 heteroatoms. The van der Waals surface area contributed by atoms with E-state index in [1.165, 1.54) is 4.90 Å². The fraction of sp³-hybridized carbons (Fsp3) is 0.667. The molecule has 2 bridgehead atoms. The number of nitrogens with zero attached hydrogens (tertiary/aromatic N) is 1. The Labute approximate surface area is 207 Å². The molecular formula is C27H39N3O5. The number of rotatable bonds is 10. The van der Waals surface area contributed by atoms with Gasteiger partial charge in [-0.1, -0.05) is 50.6 Å². The molecule has 0 saturated carbocycles. The Morgan fingerprint density at radius 2 is 1.89 bits per heavy atom. The first kappa shape index (κ1) is 25.6. The van der Waals surface area contributed by atoms with Gasteiger partial charge in [0.25, 0.3) is 0 Å². The van der Waals surface area contributed by atoms with E-state index in [1.807, 2.05) is 51.1 Å². The number of carbonyl (C=O) groups excluding carboxylic acids is 3. The molecule has 3 unspecified atom stereocenters. The highest BCUT2D eigenvalue weighted by molar-refractivity contribution is 5.99. The van der Waals surface area contributed by atoms with E-state index in [1.54, 1.807) is 0 Å². The van der Waals surface area contributed by atoms with Crippen LogP contribution < -0.4 is 10.6 Å². The normalized spacial score (nSPS) is 32.9. The van der Waals surface area contributed by atoms with Crippen LogP contribution >= 0.6 is 0 Å². The summed E-state index contributed by atoms with van der Waals surface area (Å²) < 4.78 is 6.63. The zero-order chi connectivity index (χ0) is 25.4. The van der Waals surface area contributed by atoms with Crippen LogP contribution in [0.25, 0.3) is 0 Å². The molecule has 3 heterocycles. The molecule has 3 aliphatic heterocycles. The molecule has 3 N–H and O–H groups in total. The number of carbonyl (C=O) groups is 3. The number of likely N-dealkylation sites (tertiary alicyclic amines) is 1. The molecule has 3 saturated heterocycles. The maximum Gasteiger partial charge on any atom is 0.246 e. The van der Waals surface area contributed by atoms with Crippen molar-refractivity contribution in [3.63, 3.8) is 0 Å². The van der Waals surface area contributed by atoms with Crippen molar-refractivity contribution in [1.82, 2.24) is 15.5 Å². The molecule has 0 aliphatic carbocycles. The Morgan fingerprint density at radius 3 is 2.51 bits per heavy atom. The van der Waals surface area contributed by atoms with Crippen molar-refractivity contribution < 1.29 is 24.2 Å². The topological polar surface area (TPSA) is 108 Å². The van der Waals surface area contributed by atoms with E-state index in [0.29, 0.717) is 19.4 Å². The average Bonchev–Trinajstić information content (AvgIpc) is 3.40. The van der Waals surface area contributed by atoms with Gasteiger partial charge in [-0.15, -0.1) is 0 Å². The molecule has 7 atom stereocenters. The first-order valence-electron chi connectivity index (χ1n) is 13.0. The Kier molecular flexibility index (Phi) is 7.25. The van der Waals surface area contributed by atoms with Crippen LogP contribution in [0.2, 0.25) is 0 Å². The smallest absolute Gasteiger partial charge is 0.246 e. The number of hydrogen-bond donors (Lipinski definition) is 3. The lowest BCUT2D eigenvalue weighted by Gasteiger charge is -2.37. The van der Waals surface area contributed by atoms with E-state index in [4.69, 9.17) is 4.74 Å². The predicted octanol–water partition coefficient (Wildman–Crippen LogP) is 2.32. The van der Waals surface area contributed by atoms with Crippen LogP contribution in [0.4, 0.5) is 0 Å². The second kappa shape index (κ2) is 9.90. The van der Waals surface area contributed by atoms with Crippen molar-refractivity contribution in [2.24, 2.45) is 11.8 Å². The molecule has 8 nitrogen and oxygen atoms in total. The second-order valence-corrected chi connectivity index (χ2v) is 10.6. The lowest BCUT2D eigenvalue weighted by Crippen LogP contribution is -2.57. The molecule has 0 radical (unpaired) electrons. The maximum atomic E-state index is 14.2. The zero-order valence-corrected chi connectivity index (χ0v) is 21.3. The second-order valence-electron chi connectivity index (χ2n) is 10.6. The molecule has 3 aliphatic rings. The standard InChI is InChI=1S/C27H39N3O5/c1-5-10-17(3)29-24(33)22-27-14-13-26(4,35-27)20(23(32)28-15-6-2)21(27)25(34)30(22)19(16-31)18-11-8-7-9-12-18/h7-9,11-12,17,19-22,31H,5-6,10,13-16H2,1-4H3,(H,28,32)(H,29,33)/t17?,19-,20-,21+,22?,26+,27?/m1/s1. The van der Waals surface area contributed by atoms with Crippen LogP contribution in [-0.2, 0) is 19.1 Å². The van der Waals surface area contributed by atoms with Crippen molar-refractivity contribution in [2.45, 2.75) is 89.1 Å². The highest BCUT2D eigenvalue weighted by Crippen LogP contribution is 2.64. The first-order valence-corrected chi connectivity index (χ1v) is 13.0. The molecule has 0 aromatic heterocycles. The summed E-state index contributed by atoms with van der Waals surface area (Å²) in [6.07, 6.45) is 3.62. The van der Waals surface area contributed by atoms with Crippen LogP contribution in [-0.4, -0.2) is 64.2 Å². The average molecular weight is 486 g/mol. The van der Waals surface area contributed by atoms with Gasteiger partial charge in [0.15, 0.2) is 0 Å². The van der Waals surface area contributed by atoms with Gasteiger partial charge in [-0.05, 0) is 45.1 Å². The Morgan fingerprint density at radius 1 is 1.17 bits per heavy atom. The molecule has 192 valence electrons. The van der Waals surface area contributed by atoms with Gasteiger partial charge in [0.05, 0.1) is 30.1 Å². The van der Waals surface area contributed by atoms with Gasteiger partial charge >= 0.3 is 0 Å². The molecule has 4 rings (SSSR count). The minimum absolute atomic E-state index is 0.0676. The summed E-state index contributed by atoms with van der Waals surface area (Å²) in [5, 5.41) is 16.5. The summed E-state index contributed by atoms with van der Waals surface area (Å²) in [4.78, 5) is 42.9. The van der Waals surface area contributed by atoms with Gasteiger partial charge < -0.3 is 25.4 Å². The van der Waals surface area contributed by atoms with Crippen molar-refractivity contribution in [2.75, 3.05) is 13.2 Å². The van der Waals surface area contributed by atoms with E-state index >= 15 is 0 Å². The van der Waals surface area contributed by atoms with Crippen LogP contribution in [0.3, 0.4) is 0 Å². The Balaban J connectivity index is 1.78. The summed E-state index contributed by atoms with van der Waals surface area (Å²) in [6.45, 7) is 8.06. The van der Waals surface area contributed by atoms with Crippen LogP contribution in [0.5, 0.6) is 0 Å². The fourth-order valence-corrected chi connectivity index (χ4v) is 6.61. The summed E-state index contributed by atoms with van der Waals surface area (Å²) >= 11 is 0. The lowest BCUT2D eigenvalue weighted by molar-refractivity contribution is -0.150. The third-order valence-electron chi connectivity index (χ3n) is 8.10.